The molecule has 2 unspecified atom stereocenters. The van der Waals surface area contributed by atoms with Crippen molar-refractivity contribution >= 4 is 5.82 Å². The van der Waals surface area contributed by atoms with Crippen LogP contribution in [0.2, 0.25) is 0 Å². The van der Waals surface area contributed by atoms with Crippen LogP contribution in [0.5, 0.6) is 0 Å². The number of anilines is 1. The molecule has 2 atom stereocenters. The molecule has 4 heteroatoms. The molecule has 1 N–H and O–H groups in total. The van der Waals surface area contributed by atoms with Gasteiger partial charge in [0.15, 0.2) is 0 Å². The van der Waals surface area contributed by atoms with Crippen molar-refractivity contribution in [3.8, 4) is 6.07 Å². The zero-order valence-electron chi connectivity index (χ0n) is 10.9. The van der Waals surface area contributed by atoms with Gasteiger partial charge >= 0.3 is 0 Å². The molecule has 1 rings (SSSR count). The highest BCUT2D eigenvalue weighted by atomic mass is 15.2. The summed E-state index contributed by atoms with van der Waals surface area (Å²) in [6, 6.07) is 6.73. The first-order valence-corrected chi connectivity index (χ1v) is 5.83. The van der Waals surface area contributed by atoms with E-state index in [2.05, 4.69) is 29.4 Å². The van der Waals surface area contributed by atoms with E-state index in [1.54, 1.807) is 0 Å². The van der Waals surface area contributed by atoms with Gasteiger partial charge < -0.3 is 10.2 Å². The molecular formula is C13H20N4. The minimum Gasteiger partial charge on any atom is -0.356 e. The highest BCUT2D eigenvalue weighted by Crippen LogP contribution is 2.17. The molecule has 0 aliphatic rings. The van der Waals surface area contributed by atoms with Crippen molar-refractivity contribution in [1.82, 2.24) is 10.3 Å². The molecule has 0 aromatic carbocycles. The molecule has 17 heavy (non-hydrogen) atoms. The average molecular weight is 232 g/mol. The summed E-state index contributed by atoms with van der Waals surface area (Å²) >= 11 is 0. The van der Waals surface area contributed by atoms with E-state index in [9.17, 15) is 0 Å². The van der Waals surface area contributed by atoms with E-state index in [4.69, 9.17) is 5.26 Å². The third kappa shape index (κ3) is 3.43. The van der Waals surface area contributed by atoms with Gasteiger partial charge in [0.25, 0.3) is 0 Å². The van der Waals surface area contributed by atoms with E-state index in [1.807, 2.05) is 38.2 Å². The van der Waals surface area contributed by atoms with Crippen molar-refractivity contribution in [3.05, 3.63) is 23.9 Å². The number of pyridine rings is 1. The molecular weight excluding hydrogens is 212 g/mol. The first kappa shape index (κ1) is 13.5. The quantitative estimate of drug-likeness (QED) is 0.844. The Kier molecular flexibility index (Phi) is 4.92. The summed E-state index contributed by atoms with van der Waals surface area (Å²) in [5.74, 6) is 0.903. The van der Waals surface area contributed by atoms with Crippen LogP contribution in [-0.2, 0) is 0 Å². The maximum absolute atomic E-state index is 8.68. The molecule has 92 valence electrons. The molecule has 4 nitrogen and oxygen atoms in total. The average Bonchev–Trinajstić information content (AvgIpc) is 2.37. The van der Waals surface area contributed by atoms with Crippen LogP contribution < -0.4 is 10.2 Å². The first-order chi connectivity index (χ1) is 8.10. The van der Waals surface area contributed by atoms with E-state index in [0.29, 0.717) is 12.5 Å². The van der Waals surface area contributed by atoms with Gasteiger partial charge in [0.2, 0.25) is 0 Å². The Morgan fingerprint density at radius 2 is 2.18 bits per heavy atom. The number of hydrogen-bond acceptors (Lipinski definition) is 4. The second-order valence-electron chi connectivity index (χ2n) is 4.28. The third-order valence-electron chi connectivity index (χ3n) is 3.11. The summed E-state index contributed by atoms with van der Waals surface area (Å²) in [6.07, 6.45) is 2.39. The molecule has 0 aliphatic heterocycles. The van der Waals surface area contributed by atoms with Gasteiger partial charge in [0.05, 0.1) is 12.5 Å². The molecule has 0 aliphatic carbocycles. The zero-order chi connectivity index (χ0) is 12.8. The Labute approximate surface area is 103 Å². The molecule has 0 saturated heterocycles. The van der Waals surface area contributed by atoms with Crippen LogP contribution in [0.25, 0.3) is 0 Å². The molecule has 0 saturated carbocycles. The van der Waals surface area contributed by atoms with Gasteiger partial charge in [-0.15, -0.1) is 0 Å². The fraction of sp³-hybridized carbons (Fsp3) is 0.538. The van der Waals surface area contributed by atoms with Gasteiger partial charge in [-0.05, 0) is 32.5 Å². The van der Waals surface area contributed by atoms with Gasteiger partial charge in [-0.2, -0.15) is 5.26 Å². The van der Waals surface area contributed by atoms with Crippen LogP contribution in [0.4, 0.5) is 5.82 Å². The number of nitriles is 1. The fourth-order valence-electron chi connectivity index (χ4n) is 1.52. The molecule has 0 fully saturated rings. The van der Waals surface area contributed by atoms with Crippen molar-refractivity contribution in [2.75, 3.05) is 19.0 Å². The van der Waals surface area contributed by atoms with Crippen molar-refractivity contribution < 1.29 is 0 Å². The molecule has 0 bridgehead atoms. The number of nitrogens with zero attached hydrogens (tertiary/aromatic N) is 3. The van der Waals surface area contributed by atoms with E-state index < -0.39 is 0 Å². The summed E-state index contributed by atoms with van der Waals surface area (Å²) in [4.78, 5) is 6.45. The summed E-state index contributed by atoms with van der Waals surface area (Å²) in [6.45, 7) is 4.12. The van der Waals surface area contributed by atoms with Gasteiger partial charge in [-0.3, -0.25) is 0 Å². The van der Waals surface area contributed by atoms with Crippen molar-refractivity contribution in [3.63, 3.8) is 0 Å². The minimum atomic E-state index is 0.181. The normalized spacial score (nSPS) is 13.8. The van der Waals surface area contributed by atoms with E-state index in [1.165, 1.54) is 0 Å². The van der Waals surface area contributed by atoms with Crippen LogP contribution in [0.1, 0.15) is 31.9 Å². The Hall–Kier alpha value is -1.60. The zero-order valence-corrected chi connectivity index (χ0v) is 10.9. The lowest BCUT2D eigenvalue weighted by molar-refractivity contribution is 0.647. The Balaban J connectivity index is 2.77. The second kappa shape index (κ2) is 6.21. The van der Waals surface area contributed by atoms with Crippen LogP contribution in [-0.4, -0.2) is 25.1 Å². The fourth-order valence-corrected chi connectivity index (χ4v) is 1.52. The van der Waals surface area contributed by atoms with E-state index in [-0.39, 0.29) is 6.04 Å². The molecule has 0 radical (unpaired) electrons. The monoisotopic (exact) mass is 232 g/mol. The summed E-state index contributed by atoms with van der Waals surface area (Å²) in [7, 11) is 3.89. The van der Waals surface area contributed by atoms with Gasteiger partial charge in [0.1, 0.15) is 5.82 Å². The maximum Gasteiger partial charge on any atom is 0.128 e. The lowest BCUT2D eigenvalue weighted by Crippen LogP contribution is -2.29. The topological polar surface area (TPSA) is 52.0 Å². The molecule has 1 aromatic heterocycles. The Bertz CT molecular complexity index is 379. The number of nitrogens with one attached hydrogen (secondary N) is 1. The second-order valence-corrected chi connectivity index (χ2v) is 4.28. The Morgan fingerprint density at radius 3 is 2.65 bits per heavy atom. The Morgan fingerprint density at radius 1 is 1.47 bits per heavy atom. The molecule has 1 heterocycles. The predicted octanol–water partition coefficient (Wildman–Crippen LogP) is 2.10. The lowest BCUT2D eigenvalue weighted by Gasteiger charge is -2.24. The first-order valence-electron chi connectivity index (χ1n) is 5.83. The van der Waals surface area contributed by atoms with Crippen LogP contribution >= 0.6 is 0 Å². The van der Waals surface area contributed by atoms with Gasteiger partial charge in [-0.1, -0.05) is 6.07 Å². The third-order valence-corrected chi connectivity index (χ3v) is 3.11. The highest BCUT2D eigenvalue weighted by Gasteiger charge is 2.11. The van der Waals surface area contributed by atoms with Gasteiger partial charge in [0, 0.05) is 25.3 Å². The predicted molar refractivity (Wildman–Crippen MR) is 69.8 cm³/mol. The highest BCUT2D eigenvalue weighted by molar-refractivity contribution is 5.40. The lowest BCUT2D eigenvalue weighted by atomic mass is 10.1. The van der Waals surface area contributed by atoms with Crippen LogP contribution in [0.15, 0.2) is 18.3 Å². The number of aromatic nitrogens is 1. The molecule has 0 amide bonds. The SMILES string of the molecule is CNC(C)c1ccc(N(C)C(C)CC#N)nc1. The van der Waals surface area contributed by atoms with E-state index >= 15 is 0 Å². The standard InChI is InChI=1S/C13H20N4/c1-10(7-8-14)17(4)13-6-5-12(9-16-13)11(2)15-3/h5-6,9-11,15H,7H2,1-4H3. The maximum atomic E-state index is 8.68. The smallest absolute Gasteiger partial charge is 0.128 e. The van der Waals surface area contributed by atoms with Crippen LogP contribution in [0.3, 0.4) is 0 Å². The van der Waals surface area contributed by atoms with Crippen molar-refractivity contribution in [2.45, 2.75) is 32.4 Å². The van der Waals surface area contributed by atoms with E-state index in [0.717, 1.165) is 11.4 Å². The largest absolute Gasteiger partial charge is 0.356 e. The number of rotatable bonds is 5. The summed E-state index contributed by atoms with van der Waals surface area (Å²) in [5, 5.41) is 11.9. The number of hydrogen-bond donors (Lipinski definition) is 1. The molecule has 1 aromatic rings. The minimum absolute atomic E-state index is 0.181. The summed E-state index contributed by atoms with van der Waals surface area (Å²) in [5.41, 5.74) is 1.16. The van der Waals surface area contributed by atoms with Crippen LogP contribution in [0, 0.1) is 11.3 Å². The summed E-state index contributed by atoms with van der Waals surface area (Å²) < 4.78 is 0. The van der Waals surface area contributed by atoms with Crippen molar-refractivity contribution in [1.29, 1.82) is 5.26 Å². The van der Waals surface area contributed by atoms with Crippen molar-refractivity contribution in [2.24, 2.45) is 0 Å². The molecule has 0 spiro atoms. The van der Waals surface area contributed by atoms with Gasteiger partial charge in [-0.25, -0.2) is 4.98 Å².